The Kier molecular flexibility index (Phi) is 9.37. The van der Waals surface area contributed by atoms with Gasteiger partial charge in [-0.1, -0.05) is 91.0 Å². The van der Waals surface area contributed by atoms with E-state index in [-0.39, 0.29) is 12.3 Å². The minimum absolute atomic E-state index is 0.207. The Labute approximate surface area is 199 Å². The molecule has 176 valence electrons. The Bertz CT molecular complexity index is 1060. The lowest BCUT2D eigenvalue weighted by molar-refractivity contribution is -0.136. The molecule has 0 unspecified atom stereocenters. The molecule has 3 aromatic carbocycles. The van der Waals surface area contributed by atoms with Crippen LogP contribution >= 0.6 is 0 Å². The van der Waals surface area contributed by atoms with Crippen molar-refractivity contribution >= 4 is 17.7 Å². The van der Waals surface area contributed by atoms with E-state index in [0.717, 1.165) is 16.7 Å². The number of rotatable bonds is 11. The molecule has 4 N–H and O–H groups in total. The Morgan fingerprint density at radius 2 is 1.18 bits per heavy atom. The second-order valence-electron chi connectivity index (χ2n) is 8.08. The van der Waals surface area contributed by atoms with Crippen molar-refractivity contribution in [3.8, 4) is 0 Å². The lowest BCUT2D eigenvalue weighted by atomic mass is 9.94. The van der Waals surface area contributed by atoms with E-state index in [4.69, 9.17) is 5.21 Å². The summed E-state index contributed by atoms with van der Waals surface area (Å²) in [6.07, 6.45) is 0.391. The van der Waals surface area contributed by atoms with Crippen molar-refractivity contribution in [1.82, 2.24) is 16.1 Å². The fraction of sp³-hybridized carbons (Fsp3) is 0.222. The third-order valence-corrected chi connectivity index (χ3v) is 5.48. The Morgan fingerprint density at radius 3 is 1.71 bits per heavy atom. The van der Waals surface area contributed by atoms with Crippen LogP contribution in [0.5, 0.6) is 0 Å². The van der Waals surface area contributed by atoms with Gasteiger partial charge in [-0.2, -0.15) is 0 Å². The summed E-state index contributed by atoms with van der Waals surface area (Å²) in [4.78, 5) is 38.2. The highest BCUT2D eigenvalue weighted by Crippen LogP contribution is 2.14. The summed E-state index contributed by atoms with van der Waals surface area (Å²) in [5, 5.41) is 14.7. The lowest BCUT2D eigenvalue weighted by Gasteiger charge is -2.22. The van der Waals surface area contributed by atoms with Crippen molar-refractivity contribution in [2.24, 2.45) is 5.92 Å². The second kappa shape index (κ2) is 12.9. The molecule has 2 atom stereocenters. The van der Waals surface area contributed by atoms with Crippen molar-refractivity contribution in [3.05, 3.63) is 108 Å². The van der Waals surface area contributed by atoms with Gasteiger partial charge in [0, 0.05) is 19.4 Å². The summed E-state index contributed by atoms with van der Waals surface area (Å²) in [6, 6.07) is 27.4. The van der Waals surface area contributed by atoms with Crippen molar-refractivity contribution in [3.63, 3.8) is 0 Å². The summed E-state index contributed by atoms with van der Waals surface area (Å²) < 4.78 is 0. The molecule has 0 saturated heterocycles. The highest BCUT2D eigenvalue weighted by molar-refractivity contribution is 5.90. The second-order valence-corrected chi connectivity index (χ2v) is 8.08. The van der Waals surface area contributed by atoms with Crippen LogP contribution in [0.15, 0.2) is 91.0 Å². The number of hydrogen-bond donors (Lipinski definition) is 4. The van der Waals surface area contributed by atoms with E-state index in [9.17, 15) is 14.4 Å². The van der Waals surface area contributed by atoms with Gasteiger partial charge in [0.25, 0.3) is 0 Å². The highest BCUT2D eigenvalue weighted by atomic mass is 16.5. The predicted octanol–water partition coefficient (Wildman–Crippen LogP) is 2.78. The van der Waals surface area contributed by atoms with Gasteiger partial charge in [0.05, 0.1) is 5.92 Å². The number of carbonyl (C=O) groups is 3. The van der Waals surface area contributed by atoms with E-state index in [1.807, 2.05) is 91.0 Å². The van der Waals surface area contributed by atoms with Gasteiger partial charge in [-0.15, -0.1) is 0 Å². The molecule has 0 aromatic heterocycles. The summed E-state index contributed by atoms with van der Waals surface area (Å²) in [5.74, 6) is -2.16. The number of carbonyl (C=O) groups excluding carboxylic acids is 3. The number of amides is 3. The molecule has 0 spiro atoms. The molecular weight excluding hydrogens is 430 g/mol. The van der Waals surface area contributed by atoms with Crippen LogP contribution in [0.4, 0.5) is 0 Å². The van der Waals surface area contributed by atoms with Crippen LogP contribution in [-0.4, -0.2) is 29.0 Å². The molecule has 0 aliphatic rings. The maximum atomic E-state index is 13.2. The van der Waals surface area contributed by atoms with E-state index in [1.54, 1.807) is 5.48 Å². The van der Waals surface area contributed by atoms with Gasteiger partial charge < -0.3 is 10.6 Å². The molecule has 3 amide bonds. The first kappa shape index (κ1) is 24.7. The van der Waals surface area contributed by atoms with Crippen LogP contribution < -0.4 is 16.1 Å². The standard InChI is InChI=1S/C27H29N3O4/c31-25(30-34)18-23(16-20-10-4-1-5-11-20)26(32)29-24(17-21-12-6-2-7-13-21)27(33)28-19-22-14-8-3-9-15-22/h1-15,23-24,34H,16-19H2,(H,28,33)(H,29,32)(H,30,31)/t23-,24-/m0/s1. The van der Waals surface area contributed by atoms with Crippen molar-refractivity contribution < 1.29 is 19.6 Å². The van der Waals surface area contributed by atoms with Crippen molar-refractivity contribution in [1.29, 1.82) is 0 Å². The molecule has 0 radical (unpaired) electrons. The zero-order valence-electron chi connectivity index (χ0n) is 18.8. The molecule has 3 aromatic rings. The first-order valence-electron chi connectivity index (χ1n) is 11.2. The molecule has 7 nitrogen and oxygen atoms in total. The van der Waals surface area contributed by atoms with E-state index >= 15 is 0 Å². The Hall–Kier alpha value is -3.97. The first-order chi connectivity index (χ1) is 16.5. The summed E-state index contributed by atoms with van der Waals surface area (Å²) in [5.41, 5.74) is 4.31. The topological polar surface area (TPSA) is 108 Å². The number of nitrogens with one attached hydrogen (secondary N) is 3. The number of hydrogen-bond acceptors (Lipinski definition) is 4. The molecule has 34 heavy (non-hydrogen) atoms. The smallest absolute Gasteiger partial charge is 0.244 e. The largest absolute Gasteiger partial charge is 0.350 e. The van der Waals surface area contributed by atoms with Gasteiger partial charge in [0.1, 0.15) is 6.04 Å². The maximum Gasteiger partial charge on any atom is 0.244 e. The third-order valence-electron chi connectivity index (χ3n) is 5.48. The van der Waals surface area contributed by atoms with Gasteiger partial charge in [-0.3, -0.25) is 19.6 Å². The molecule has 0 heterocycles. The molecule has 3 rings (SSSR count). The van der Waals surface area contributed by atoms with Gasteiger partial charge in [0.15, 0.2) is 0 Å². The molecular formula is C27H29N3O4. The normalized spacial score (nSPS) is 12.3. The zero-order valence-corrected chi connectivity index (χ0v) is 18.8. The highest BCUT2D eigenvalue weighted by Gasteiger charge is 2.27. The predicted molar refractivity (Wildman–Crippen MR) is 129 cm³/mol. The van der Waals surface area contributed by atoms with Gasteiger partial charge >= 0.3 is 0 Å². The molecule has 0 saturated carbocycles. The number of benzene rings is 3. The zero-order chi connectivity index (χ0) is 24.2. The Morgan fingerprint density at radius 1 is 0.676 bits per heavy atom. The van der Waals surface area contributed by atoms with Crippen LogP contribution in [0.3, 0.4) is 0 Å². The fourth-order valence-electron chi connectivity index (χ4n) is 3.68. The van der Waals surface area contributed by atoms with Gasteiger partial charge in [-0.05, 0) is 23.1 Å². The van der Waals surface area contributed by atoms with Crippen molar-refractivity contribution in [2.75, 3.05) is 0 Å². The lowest BCUT2D eigenvalue weighted by Crippen LogP contribution is -2.50. The summed E-state index contributed by atoms with van der Waals surface area (Å²) in [6.45, 7) is 0.335. The molecule has 7 heteroatoms. The SMILES string of the molecule is O=C(C[C@H](Cc1ccccc1)C(=O)N[C@@H](Cc1ccccc1)C(=O)NCc1ccccc1)NO. The van der Waals surface area contributed by atoms with E-state index in [0.29, 0.717) is 19.4 Å². The fourth-order valence-corrected chi connectivity index (χ4v) is 3.68. The van der Waals surface area contributed by atoms with Crippen LogP contribution in [0.25, 0.3) is 0 Å². The minimum atomic E-state index is -0.825. The van der Waals surface area contributed by atoms with Crippen LogP contribution in [0, 0.1) is 5.92 Å². The van der Waals surface area contributed by atoms with Crippen molar-refractivity contribution in [2.45, 2.75) is 31.8 Å². The van der Waals surface area contributed by atoms with Crippen LogP contribution in [0.1, 0.15) is 23.1 Å². The van der Waals surface area contributed by atoms with Crippen LogP contribution in [-0.2, 0) is 33.8 Å². The monoisotopic (exact) mass is 459 g/mol. The molecule has 0 aliphatic carbocycles. The van der Waals surface area contributed by atoms with E-state index < -0.39 is 23.8 Å². The minimum Gasteiger partial charge on any atom is -0.350 e. The summed E-state index contributed by atoms with van der Waals surface area (Å²) in [7, 11) is 0. The molecule has 0 bridgehead atoms. The van der Waals surface area contributed by atoms with E-state index in [1.165, 1.54) is 0 Å². The quantitative estimate of drug-likeness (QED) is 0.261. The molecule has 0 aliphatic heterocycles. The first-order valence-corrected chi connectivity index (χ1v) is 11.2. The molecule has 0 fully saturated rings. The van der Waals surface area contributed by atoms with Gasteiger partial charge in [0.2, 0.25) is 17.7 Å². The number of hydroxylamine groups is 1. The maximum absolute atomic E-state index is 13.2. The third kappa shape index (κ3) is 7.86. The van der Waals surface area contributed by atoms with E-state index in [2.05, 4.69) is 10.6 Å². The average Bonchev–Trinajstić information content (AvgIpc) is 2.88. The average molecular weight is 460 g/mol. The van der Waals surface area contributed by atoms with Crippen LogP contribution in [0.2, 0.25) is 0 Å². The van der Waals surface area contributed by atoms with Gasteiger partial charge in [-0.25, -0.2) is 5.48 Å². The summed E-state index contributed by atoms with van der Waals surface area (Å²) >= 11 is 0. The Balaban J connectivity index is 1.74.